The summed E-state index contributed by atoms with van der Waals surface area (Å²) in [5, 5.41) is 8.70. The van der Waals surface area contributed by atoms with E-state index in [2.05, 4.69) is 9.97 Å². The van der Waals surface area contributed by atoms with Gasteiger partial charge in [0.2, 0.25) is 0 Å². The van der Waals surface area contributed by atoms with Gasteiger partial charge in [0.25, 0.3) is 0 Å². The summed E-state index contributed by atoms with van der Waals surface area (Å²) in [6, 6.07) is 17.6. The van der Waals surface area contributed by atoms with Crippen molar-refractivity contribution in [3.8, 4) is 17.1 Å². The van der Waals surface area contributed by atoms with Gasteiger partial charge in [0.1, 0.15) is 12.4 Å². The van der Waals surface area contributed by atoms with Gasteiger partial charge in [-0.15, -0.1) is 0 Å². The molecule has 0 amide bonds. The van der Waals surface area contributed by atoms with E-state index in [1.54, 1.807) is 12.4 Å². The van der Waals surface area contributed by atoms with Crippen LogP contribution in [0.15, 0.2) is 67.0 Å². The van der Waals surface area contributed by atoms with Crippen LogP contribution in [0.2, 0.25) is 0 Å². The second-order valence-electron chi connectivity index (χ2n) is 5.61. The molecule has 0 spiro atoms. The number of hydrogen-bond donors (Lipinski definition) is 1. The van der Waals surface area contributed by atoms with E-state index < -0.39 is 5.97 Å². The van der Waals surface area contributed by atoms with Crippen LogP contribution in [0.4, 0.5) is 0 Å². The van der Waals surface area contributed by atoms with Crippen molar-refractivity contribution < 1.29 is 14.6 Å². The average Bonchev–Trinajstić information content (AvgIpc) is 2.66. The highest BCUT2D eigenvalue weighted by molar-refractivity contribution is 5.67. The summed E-state index contributed by atoms with van der Waals surface area (Å²) in [7, 11) is 0. The lowest BCUT2D eigenvalue weighted by Gasteiger charge is -2.07. The van der Waals surface area contributed by atoms with Crippen molar-refractivity contribution in [2.24, 2.45) is 0 Å². The van der Waals surface area contributed by atoms with E-state index in [0.29, 0.717) is 18.9 Å². The SMILES string of the molecule is O=C(O)CCc1cnc(-c2ccc(OCc3ccccc3)cc2)nc1. The summed E-state index contributed by atoms with van der Waals surface area (Å²) < 4.78 is 5.76. The molecular weight excluding hydrogens is 316 g/mol. The molecule has 0 aliphatic carbocycles. The molecular formula is C20H18N2O3. The van der Waals surface area contributed by atoms with Crippen LogP contribution in [-0.2, 0) is 17.8 Å². The summed E-state index contributed by atoms with van der Waals surface area (Å²) in [6.07, 6.45) is 3.86. The highest BCUT2D eigenvalue weighted by Gasteiger charge is 2.04. The Balaban J connectivity index is 1.60. The van der Waals surface area contributed by atoms with Crippen LogP contribution >= 0.6 is 0 Å². The van der Waals surface area contributed by atoms with Crippen molar-refractivity contribution in [1.29, 1.82) is 0 Å². The lowest BCUT2D eigenvalue weighted by molar-refractivity contribution is -0.136. The normalized spacial score (nSPS) is 10.4. The molecule has 0 aliphatic heterocycles. The maximum Gasteiger partial charge on any atom is 0.303 e. The number of hydrogen-bond acceptors (Lipinski definition) is 4. The van der Waals surface area contributed by atoms with Gasteiger partial charge >= 0.3 is 5.97 Å². The lowest BCUT2D eigenvalue weighted by Crippen LogP contribution is -1.99. The molecule has 0 saturated heterocycles. The van der Waals surface area contributed by atoms with Crippen LogP contribution in [-0.4, -0.2) is 21.0 Å². The summed E-state index contributed by atoms with van der Waals surface area (Å²) >= 11 is 0. The Morgan fingerprint density at radius 1 is 0.920 bits per heavy atom. The molecule has 0 fully saturated rings. The van der Waals surface area contributed by atoms with Crippen molar-refractivity contribution in [1.82, 2.24) is 9.97 Å². The van der Waals surface area contributed by atoms with Gasteiger partial charge in [-0.2, -0.15) is 0 Å². The van der Waals surface area contributed by atoms with E-state index in [-0.39, 0.29) is 6.42 Å². The number of carboxylic acid groups (broad SMARTS) is 1. The van der Waals surface area contributed by atoms with Gasteiger partial charge in [0.05, 0.1) is 0 Å². The number of aliphatic carboxylic acids is 1. The van der Waals surface area contributed by atoms with Crippen LogP contribution in [0.1, 0.15) is 17.5 Å². The fourth-order valence-corrected chi connectivity index (χ4v) is 2.33. The molecule has 1 heterocycles. The summed E-state index contributed by atoms with van der Waals surface area (Å²) in [5.74, 6) is 0.564. The van der Waals surface area contributed by atoms with E-state index in [1.807, 2.05) is 54.6 Å². The number of carboxylic acids is 1. The highest BCUT2D eigenvalue weighted by atomic mass is 16.5. The first-order chi connectivity index (χ1) is 12.2. The third-order valence-electron chi connectivity index (χ3n) is 3.69. The number of benzene rings is 2. The number of ether oxygens (including phenoxy) is 1. The zero-order valence-corrected chi connectivity index (χ0v) is 13.6. The molecule has 3 aromatic rings. The molecule has 0 radical (unpaired) electrons. The van der Waals surface area contributed by atoms with Crippen LogP contribution in [0.5, 0.6) is 5.75 Å². The van der Waals surface area contributed by atoms with Crippen LogP contribution in [0.3, 0.4) is 0 Å². The van der Waals surface area contributed by atoms with Crippen molar-refractivity contribution in [3.05, 3.63) is 78.1 Å². The van der Waals surface area contributed by atoms with Crippen molar-refractivity contribution >= 4 is 5.97 Å². The quantitative estimate of drug-likeness (QED) is 0.712. The maximum absolute atomic E-state index is 10.6. The molecule has 1 N–H and O–H groups in total. The van der Waals surface area contributed by atoms with Gasteiger partial charge in [-0.1, -0.05) is 30.3 Å². The Bertz CT molecular complexity index is 816. The van der Waals surface area contributed by atoms with Crippen molar-refractivity contribution in [2.45, 2.75) is 19.4 Å². The fraction of sp³-hybridized carbons (Fsp3) is 0.150. The molecule has 5 nitrogen and oxygen atoms in total. The molecule has 1 aromatic heterocycles. The van der Waals surface area contributed by atoms with Gasteiger partial charge in [-0.05, 0) is 41.8 Å². The smallest absolute Gasteiger partial charge is 0.303 e. The van der Waals surface area contributed by atoms with Gasteiger partial charge in [-0.25, -0.2) is 9.97 Å². The van der Waals surface area contributed by atoms with E-state index >= 15 is 0 Å². The third kappa shape index (κ3) is 4.88. The Morgan fingerprint density at radius 2 is 1.60 bits per heavy atom. The minimum Gasteiger partial charge on any atom is -0.489 e. The van der Waals surface area contributed by atoms with Crippen LogP contribution in [0.25, 0.3) is 11.4 Å². The molecule has 3 rings (SSSR count). The van der Waals surface area contributed by atoms with E-state index in [9.17, 15) is 4.79 Å². The number of aryl methyl sites for hydroxylation is 1. The molecule has 5 heteroatoms. The predicted molar refractivity (Wildman–Crippen MR) is 94.2 cm³/mol. The second kappa shape index (κ2) is 8.06. The fourth-order valence-electron chi connectivity index (χ4n) is 2.33. The largest absolute Gasteiger partial charge is 0.489 e. The topological polar surface area (TPSA) is 72.3 Å². The molecule has 2 aromatic carbocycles. The Labute approximate surface area is 146 Å². The zero-order chi connectivity index (χ0) is 17.5. The first-order valence-corrected chi connectivity index (χ1v) is 8.00. The van der Waals surface area contributed by atoms with Gasteiger partial charge in [0, 0.05) is 24.4 Å². The lowest BCUT2D eigenvalue weighted by atomic mass is 10.1. The monoisotopic (exact) mass is 334 g/mol. The van der Waals surface area contributed by atoms with Gasteiger partial charge < -0.3 is 9.84 Å². The van der Waals surface area contributed by atoms with E-state index in [4.69, 9.17) is 9.84 Å². The van der Waals surface area contributed by atoms with Crippen LogP contribution in [0, 0.1) is 0 Å². The molecule has 126 valence electrons. The highest BCUT2D eigenvalue weighted by Crippen LogP contribution is 2.20. The first kappa shape index (κ1) is 16.6. The van der Waals surface area contributed by atoms with E-state index in [0.717, 1.165) is 22.4 Å². The number of nitrogens with zero attached hydrogens (tertiary/aromatic N) is 2. The molecule has 0 atom stereocenters. The predicted octanol–water partition coefficient (Wildman–Crippen LogP) is 3.74. The average molecular weight is 334 g/mol. The Hall–Kier alpha value is -3.21. The van der Waals surface area contributed by atoms with Crippen molar-refractivity contribution in [2.75, 3.05) is 0 Å². The first-order valence-electron chi connectivity index (χ1n) is 8.00. The molecule has 0 unspecified atom stereocenters. The molecule has 0 bridgehead atoms. The Morgan fingerprint density at radius 3 is 2.24 bits per heavy atom. The number of aromatic nitrogens is 2. The second-order valence-corrected chi connectivity index (χ2v) is 5.61. The third-order valence-corrected chi connectivity index (χ3v) is 3.69. The zero-order valence-electron chi connectivity index (χ0n) is 13.6. The molecule has 25 heavy (non-hydrogen) atoms. The summed E-state index contributed by atoms with van der Waals surface area (Å²) in [6.45, 7) is 0.523. The maximum atomic E-state index is 10.6. The van der Waals surface area contributed by atoms with Gasteiger partial charge in [-0.3, -0.25) is 4.79 Å². The summed E-state index contributed by atoms with van der Waals surface area (Å²) in [4.78, 5) is 19.2. The van der Waals surface area contributed by atoms with Crippen LogP contribution < -0.4 is 4.74 Å². The number of carbonyl (C=O) groups is 1. The standard InChI is InChI=1S/C20H18N2O3/c23-19(24)11-6-16-12-21-20(22-13-16)17-7-9-18(10-8-17)25-14-15-4-2-1-3-5-15/h1-5,7-10,12-13H,6,11,14H2,(H,23,24). The molecule has 0 aliphatic rings. The van der Waals surface area contributed by atoms with Crippen molar-refractivity contribution in [3.63, 3.8) is 0 Å². The Kier molecular flexibility index (Phi) is 5.36. The number of rotatable bonds is 7. The molecule has 0 saturated carbocycles. The minimum absolute atomic E-state index is 0.0795. The summed E-state index contributed by atoms with van der Waals surface area (Å²) in [5.41, 5.74) is 2.82. The van der Waals surface area contributed by atoms with Gasteiger partial charge in [0.15, 0.2) is 5.82 Å². The van der Waals surface area contributed by atoms with E-state index in [1.165, 1.54) is 0 Å². The minimum atomic E-state index is -0.824.